The van der Waals surface area contributed by atoms with Crippen molar-refractivity contribution in [1.29, 1.82) is 0 Å². The molecule has 3 rings (SSSR count). The van der Waals surface area contributed by atoms with Gasteiger partial charge in [0.05, 0.1) is 6.04 Å². The maximum atomic E-state index is 12.5. The second-order valence-electron chi connectivity index (χ2n) is 5.02. The van der Waals surface area contributed by atoms with E-state index in [1.54, 1.807) is 0 Å². The highest BCUT2D eigenvalue weighted by atomic mass is 35.5. The number of rotatable bonds is 1. The summed E-state index contributed by atoms with van der Waals surface area (Å²) in [5.41, 5.74) is 2.23. The number of benzene rings is 1. The number of hydrogen-bond acceptors (Lipinski definition) is 2. The average molecular weight is 265 g/mol. The number of piperidine rings is 1. The van der Waals surface area contributed by atoms with Gasteiger partial charge in [-0.15, -0.1) is 0 Å². The number of nitrogens with one attached hydrogen (secondary N) is 1. The van der Waals surface area contributed by atoms with E-state index in [4.69, 9.17) is 11.6 Å². The van der Waals surface area contributed by atoms with Gasteiger partial charge in [0, 0.05) is 17.3 Å². The molecule has 1 saturated heterocycles. The number of fused-ring (bicyclic) bond motifs is 1. The molecule has 1 N–H and O–H groups in total. The Morgan fingerprint density at radius 3 is 3.06 bits per heavy atom. The SMILES string of the molecule is O=C(C1CCCCN1)N1CCc2ccc(Cl)cc21. The molecule has 18 heavy (non-hydrogen) atoms. The second kappa shape index (κ2) is 4.90. The van der Waals surface area contributed by atoms with Crippen molar-refractivity contribution in [3.05, 3.63) is 28.8 Å². The van der Waals surface area contributed by atoms with Gasteiger partial charge in [-0.25, -0.2) is 0 Å². The van der Waals surface area contributed by atoms with Gasteiger partial charge in [-0.1, -0.05) is 24.1 Å². The lowest BCUT2D eigenvalue weighted by Gasteiger charge is -2.27. The summed E-state index contributed by atoms with van der Waals surface area (Å²) in [6.07, 6.45) is 4.20. The first-order chi connectivity index (χ1) is 8.75. The van der Waals surface area contributed by atoms with Crippen molar-refractivity contribution in [2.75, 3.05) is 18.0 Å². The number of amides is 1. The summed E-state index contributed by atoms with van der Waals surface area (Å²) < 4.78 is 0. The zero-order valence-corrected chi connectivity index (χ0v) is 11.0. The number of nitrogens with zero attached hydrogens (tertiary/aromatic N) is 1. The lowest BCUT2D eigenvalue weighted by Crippen LogP contribution is -2.48. The van der Waals surface area contributed by atoms with E-state index < -0.39 is 0 Å². The van der Waals surface area contributed by atoms with Crippen molar-refractivity contribution in [1.82, 2.24) is 5.32 Å². The minimum atomic E-state index is -0.0105. The molecule has 2 aliphatic rings. The zero-order valence-electron chi connectivity index (χ0n) is 10.3. The number of carbonyl (C=O) groups excluding carboxylic acids is 1. The molecule has 1 fully saturated rings. The van der Waals surface area contributed by atoms with Crippen LogP contribution in [0.25, 0.3) is 0 Å². The minimum Gasteiger partial charge on any atom is -0.310 e. The maximum Gasteiger partial charge on any atom is 0.244 e. The summed E-state index contributed by atoms with van der Waals surface area (Å²) in [4.78, 5) is 14.4. The Labute approximate surface area is 112 Å². The first-order valence-corrected chi connectivity index (χ1v) is 6.97. The smallest absolute Gasteiger partial charge is 0.244 e. The summed E-state index contributed by atoms with van der Waals surface area (Å²) in [5.74, 6) is 0.204. The summed E-state index contributed by atoms with van der Waals surface area (Å²) in [5, 5.41) is 4.02. The van der Waals surface area contributed by atoms with Gasteiger partial charge in [0.2, 0.25) is 5.91 Å². The molecule has 3 nitrogen and oxygen atoms in total. The largest absolute Gasteiger partial charge is 0.310 e. The van der Waals surface area contributed by atoms with Gasteiger partial charge in [0.15, 0.2) is 0 Å². The van der Waals surface area contributed by atoms with Gasteiger partial charge in [0.1, 0.15) is 0 Å². The van der Waals surface area contributed by atoms with E-state index in [2.05, 4.69) is 5.32 Å². The maximum absolute atomic E-state index is 12.5. The van der Waals surface area contributed by atoms with E-state index in [9.17, 15) is 4.79 Å². The summed E-state index contributed by atoms with van der Waals surface area (Å²) in [6.45, 7) is 1.74. The van der Waals surface area contributed by atoms with E-state index in [1.807, 2.05) is 23.1 Å². The lowest BCUT2D eigenvalue weighted by atomic mass is 10.0. The Morgan fingerprint density at radius 1 is 1.39 bits per heavy atom. The molecule has 0 saturated carbocycles. The molecule has 0 radical (unpaired) electrons. The summed E-state index contributed by atoms with van der Waals surface area (Å²) in [6, 6.07) is 5.82. The van der Waals surface area contributed by atoms with Crippen molar-refractivity contribution in [3.8, 4) is 0 Å². The Morgan fingerprint density at radius 2 is 2.28 bits per heavy atom. The van der Waals surface area contributed by atoms with E-state index in [0.717, 1.165) is 38.0 Å². The van der Waals surface area contributed by atoms with Crippen molar-refractivity contribution in [2.24, 2.45) is 0 Å². The van der Waals surface area contributed by atoms with Gasteiger partial charge in [-0.05, 0) is 43.5 Å². The fourth-order valence-electron chi connectivity index (χ4n) is 2.83. The predicted octanol–water partition coefficient (Wildman–Crippen LogP) is 2.37. The Bertz CT molecular complexity index is 469. The minimum absolute atomic E-state index is 0.0105. The fourth-order valence-corrected chi connectivity index (χ4v) is 3.00. The topological polar surface area (TPSA) is 32.3 Å². The number of hydrogen-bond donors (Lipinski definition) is 1. The van der Waals surface area contributed by atoms with Gasteiger partial charge in [-0.3, -0.25) is 4.79 Å². The van der Waals surface area contributed by atoms with Crippen molar-refractivity contribution < 1.29 is 4.79 Å². The van der Waals surface area contributed by atoms with Crippen LogP contribution in [0.3, 0.4) is 0 Å². The van der Waals surface area contributed by atoms with E-state index in [-0.39, 0.29) is 11.9 Å². The number of halogens is 1. The van der Waals surface area contributed by atoms with Crippen LogP contribution in [0.15, 0.2) is 18.2 Å². The zero-order chi connectivity index (χ0) is 12.5. The van der Waals surface area contributed by atoms with E-state index in [1.165, 1.54) is 12.0 Å². The highest BCUT2D eigenvalue weighted by Gasteiger charge is 2.30. The van der Waals surface area contributed by atoms with Gasteiger partial charge < -0.3 is 10.2 Å². The van der Waals surface area contributed by atoms with Crippen LogP contribution in [0.4, 0.5) is 5.69 Å². The summed E-state index contributed by atoms with van der Waals surface area (Å²) in [7, 11) is 0. The molecule has 2 aliphatic heterocycles. The van der Waals surface area contributed by atoms with Crippen LogP contribution in [-0.2, 0) is 11.2 Å². The van der Waals surface area contributed by atoms with Gasteiger partial charge in [-0.2, -0.15) is 0 Å². The van der Waals surface area contributed by atoms with Crippen LogP contribution >= 0.6 is 11.6 Å². The third-order valence-corrected chi connectivity index (χ3v) is 4.05. The molecule has 1 unspecified atom stereocenters. The lowest BCUT2D eigenvalue weighted by molar-refractivity contribution is -0.121. The van der Waals surface area contributed by atoms with Crippen LogP contribution in [0.5, 0.6) is 0 Å². The van der Waals surface area contributed by atoms with Crippen molar-refractivity contribution in [3.63, 3.8) is 0 Å². The monoisotopic (exact) mass is 264 g/mol. The van der Waals surface area contributed by atoms with Crippen LogP contribution in [0.2, 0.25) is 5.02 Å². The highest BCUT2D eigenvalue weighted by molar-refractivity contribution is 6.31. The molecule has 0 aromatic heterocycles. The van der Waals surface area contributed by atoms with E-state index in [0.29, 0.717) is 5.02 Å². The second-order valence-corrected chi connectivity index (χ2v) is 5.45. The normalized spacial score (nSPS) is 22.9. The van der Waals surface area contributed by atoms with E-state index >= 15 is 0 Å². The Hall–Kier alpha value is -1.06. The molecule has 0 spiro atoms. The quantitative estimate of drug-likeness (QED) is 0.845. The standard InChI is InChI=1S/C14H17ClN2O/c15-11-5-4-10-6-8-17(13(10)9-11)14(18)12-3-1-2-7-16-12/h4-5,9,12,16H,1-3,6-8H2. The third-order valence-electron chi connectivity index (χ3n) is 3.82. The first-order valence-electron chi connectivity index (χ1n) is 6.59. The Balaban J connectivity index is 1.82. The Kier molecular flexibility index (Phi) is 3.27. The molecular formula is C14H17ClN2O. The predicted molar refractivity (Wildman–Crippen MR) is 73.2 cm³/mol. The van der Waals surface area contributed by atoms with Crippen LogP contribution in [0, 0.1) is 0 Å². The molecule has 2 heterocycles. The van der Waals surface area contributed by atoms with Crippen molar-refractivity contribution >= 4 is 23.2 Å². The molecule has 1 aromatic rings. The first kappa shape index (κ1) is 12.0. The fraction of sp³-hybridized carbons (Fsp3) is 0.500. The molecule has 1 aromatic carbocycles. The molecular weight excluding hydrogens is 248 g/mol. The number of carbonyl (C=O) groups is 1. The number of anilines is 1. The van der Waals surface area contributed by atoms with Crippen LogP contribution < -0.4 is 10.2 Å². The molecule has 4 heteroatoms. The van der Waals surface area contributed by atoms with Crippen LogP contribution in [0.1, 0.15) is 24.8 Å². The highest BCUT2D eigenvalue weighted by Crippen LogP contribution is 2.31. The van der Waals surface area contributed by atoms with Crippen LogP contribution in [-0.4, -0.2) is 25.0 Å². The van der Waals surface area contributed by atoms with Crippen molar-refractivity contribution in [2.45, 2.75) is 31.7 Å². The van der Waals surface area contributed by atoms with Gasteiger partial charge >= 0.3 is 0 Å². The molecule has 0 bridgehead atoms. The molecule has 1 amide bonds. The molecule has 0 aliphatic carbocycles. The average Bonchev–Trinajstić information content (AvgIpc) is 2.82. The third kappa shape index (κ3) is 2.13. The molecule has 96 valence electrons. The molecule has 1 atom stereocenters. The van der Waals surface area contributed by atoms with Gasteiger partial charge in [0.25, 0.3) is 0 Å². The summed E-state index contributed by atoms with van der Waals surface area (Å²) >= 11 is 6.03.